The SMILES string of the molecule is CO.OCC1CCC(n2c3ncnc(-c4ccco4)c3c3ccsc32)O1. The van der Waals surface area contributed by atoms with Crippen LogP contribution in [0.1, 0.15) is 19.1 Å². The van der Waals surface area contributed by atoms with Crippen LogP contribution in [-0.2, 0) is 4.74 Å². The maximum Gasteiger partial charge on any atom is 0.153 e. The molecule has 0 aromatic carbocycles. The Kier molecular flexibility index (Phi) is 4.73. The van der Waals surface area contributed by atoms with E-state index in [0.29, 0.717) is 0 Å². The van der Waals surface area contributed by atoms with Gasteiger partial charge in [0, 0.05) is 12.5 Å². The van der Waals surface area contributed by atoms with Crippen molar-refractivity contribution in [3.05, 3.63) is 36.2 Å². The number of furan rings is 1. The Labute approximate surface area is 153 Å². The number of hydrogen-bond donors (Lipinski definition) is 2. The summed E-state index contributed by atoms with van der Waals surface area (Å²) in [4.78, 5) is 10.1. The minimum Gasteiger partial charge on any atom is -0.463 e. The molecule has 26 heavy (non-hydrogen) atoms. The largest absolute Gasteiger partial charge is 0.463 e. The highest BCUT2D eigenvalue weighted by Gasteiger charge is 2.30. The van der Waals surface area contributed by atoms with E-state index in [4.69, 9.17) is 14.3 Å². The van der Waals surface area contributed by atoms with Crippen LogP contribution in [0.2, 0.25) is 0 Å². The zero-order valence-electron chi connectivity index (χ0n) is 14.2. The quantitative estimate of drug-likeness (QED) is 0.573. The van der Waals surface area contributed by atoms with Gasteiger partial charge >= 0.3 is 0 Å². The molecule has 136 valence electrons. The Balaban J connectivity index is 0.000000814. The van der Waals surface area contributed by atoms with Gasteiger partial charge < -0.3 is 19.4 Å². The molecule has 4 aromatic rings. The standard InChI is InChI=1S/C17H15N3O3S.CH4O/c21-8-10-3-4-13(23-10)20-16-14(11-5-7-24-17(11)20)15(18-9-19-16)12-2-1-6-22-12;1-2/h1-2,5-7,9-10,13,21H,3-4,8H2;2H,1H3. The van der Waals surface area contributed by atoms with Crippen LogP contribution in [0.15, 0.2) is 40.6 Å². The van der Waals surface area contributed by atoms with Gasteiger partial charge in [-0.2, -0.15) is 0 Å². The van der Waals surface area contributed by atoms with E-state index in [1.807, 2.05) is 12.1 Å². The number of nitrogens with zero attached hydrogens (tertiary/aromatic N) is 3. The summed E-state index contributed by atoms with van der Waals surface area (Å²) >= 11 is 1.66. The molecule has 0 spiro atoms. The van der Waals surface area contributed by atoms with Crippen molar-refractivity contribution in [1.82, 2.24) is 14.5 Å². The van der Waals surface area contributed by atoms with Gasteiger partial charge in [0.2, 0.25) is 0 Å². The molecule has 8 heteroatoms. The molecule has 1 saturated heterocycles. The number of aromatic nitrogens is 3. The molecule has 2 atom stereocenters. The summed E-state index contributed by atoms with van der Waals surface area (Å²) in [5.74, 6) is 0.730. The van der Waals surface area contributed by atoms with E-state index in [1.165, 1.54) is 0 Å². The fourth-order valence-corrected chi connectivity index (χ4v) is 4.41. The van der Waals surface area contributed by atoms with Crippen LogP contribution in [0.4, 0.5) is 0 Å². The van der Waals surface area contributed by atoms with Gasteiger partial charge in [-0.05, 0) is 36.4 Å². The molecule has 2 N–H and O–H groups in total. The lowest BCUT2D eigenvalue weighted by atomic mass is 10.2. The lowest BCUT2D eigenvalue weighted by Crippen LogP contribution is -2.14. The third-order valence-corrected chi connectivity index (χ3v) is 5.43. The smallest absolute Gasteiger partial charge is 0.153 e. The van der Waals surface area contributed by atoms with Crippen LogP contribution in [0.5, 0.6) is 0 Å². The van der Waals surface area contributed by atoms with Crippen LogP contribution in [-0.4, -0.2) is 44.6 Å². The average molecular weight is 373 g/mol. The monoisotopic (exact) mass is 373 g/mol. The van der Waals surface area contributed by atoms with E-state index in [0.717, 1.165) is 52.7 Å². The highest BCUT2D eigenvalue weighted by molar-refractivity contribution is 7.17. The van der Waals surface area contributed by atoms with E-state index in [-0.39, 0.29) is 18.9 Å². The summed E-state index contributed by atoms with van der Waals surface area (Å²) < 4.78 is 13.7. The summed E-state index contributed by atoms with van der Waals surface area (Å²) in [7, 11) is 1.00. The molecule has 1 aliphatic rings. The molecule has 0 radical (unpaired) electrons. The van der Waals surface area contributed by atoms with Crippen molar-refractivity contribution in [3.63, 3.8) is 0 Å². The Bertz CT molecular complexity index is 1010. The first-order valence-electron chi connectivity index (χ1n) is 8.34. The van der Waals surface area contributed by atoms with E-state index < -0.39 is 0 Å². The van der Waals surface area contributed by atoms with Gasteiger partial charge in [-0.3, -0.25) is 4.57 Å². The van der Waals surface area contributed by atoms with E-state index in [9.17, 15) is 5.11 Å². The van der Waals surface area contributed by atoms with Gasteiger partial charge in [0.1, 0.15) is 28.7 Å². The lowest BCUT2D eigenvalue weighted by Gasteiger charge is -2.15. The first-order chi connectivity index (χ1) is 12.9. The van der Waals surface area contributed by atoms with E-state index >= 15 is 0 Å². The fourth-order valence-electron chi connectivity index (χ4n) is 3.46. The van der Waals surface area contributed by atoms with Crippen LogP contribution >= 0.6 is 11.3 Å². The molecule has 7 nitrogen and oxygen atoms in total. The van der Waals surface area contributed by atoms with Crippen molar-refractivity contribution < 1.29 is 19.4 Å². The third-order valence-electron chi connectivity index (χ3n) is 4.52. The van der Waals surface area contributed by atoms with Crippen LogP contribution in [0.25, 0.3) is 32.7 Å². The number of aliphatic hydroxyl groups excluding tert-OH is 2. The normalized spacial score (nSPS) is 19.8. The summed E-state index contributed by atoms with van der Waals surface area (Å²) in [6.07, 6.45) is 4.72. The first-order valence-corrected chi connectivity index (χ1v) is 9.22. The Morgan fingerprint density at radius 3 is 2.88 bits per heavy atom. The molecule has 4 aromatic heterocycles. The van der Waals surface area contributed by atoms with Crippen molar-refractivity contribution in [2.75, 3.05) is 13.7 Å². The summed E-state index contributed by atoms with van der Waals surface area (Å²) in [5, 5.41) is 20.5. The zero-order chi connectivity index (χ0) is 18.1. The molecular weight excluding hydrogens is 354 g/mol. The molecule has 0 aliphatic carbocycles. The lowest BCUT2D eigenvalue weighted by molar-refractivity contribution is -0.0183. The number of thiophene rings is 1. The average Bonchev–Trinajstić information content (AvgIpc) is 3.46. The molecule has 0 saturated carbocycles. The topological polar surface area (TPSA) is 93.5 Å². The third kappa shape index (κ3) is 2.62. The van der Waals surface area contributed by atoms with Gasteiger partial charge in [0.25, 0.3) is 0 Å². The summed E-state index contributed by atoms with van der Waals surface area (Å²) in [6.45, 7) is 0.0515. The summed E-state index contributed by atoms with van der Waals surface area (Å²) in [6, 6.07) is 5.86. The number of hydrogen-bond acceptors (Lipinski definition) is 7. The molecule has 1 aliphatic heterocycles. The minimum atomic E-state index is -0.111. The second-order valence-electron chi connectivity index (χ2n) is 5.88. The highest BCUT2D eigenvalue weighted by atomic mass is 32.1. The predicted molar refractivity (Wildman–Crippen MR) is 99.0 cm³/mol. The molecule has 1 fully saturated rings. The van der Waals surface area contributed by atoms with Crippen molar-refractivity contribution in [2.24, 2.45) is 0 Å². The Morgan fingerprint density at radius 1 is 1.27 bits per heavy atom. The predicted octanol–water partition coefficient (Wildman–Crippen LogP) is 3.18. The van der Waals surface area contributed by atoms with Crippen LogP contribution in [0, 0.1) is 0 Å². The number of ether oxygens (including phenoxy) is 1. The maximum atomic E-state index is 9.37. The van der Waals surface area contributed by atoms with Gasteiger partial charge in [0.05, 0.1) is 24.4 Å². The van der Waals surface area contributed by atoms with Gasteiger partial charge in [-0.1, -0.05) is 0 Å². The molecule has 5 rings (SSSR count). The molecule has 2 unspecified atom stereocenters. The van der Waals surface area contributed by atoms with Gasteiger partial charge in [-0.15, -0.1) is 11.3 Å². The number of rotatable bonds is 3. The van der Waals surface area contributed by atoms with Crippen molar-refractivity contribution in [2.45, 2.75) is 25.2 Å². The second-order valence-corrected chi connectivity index (χ2v) is 6.77. The highest BCUT2D eigenvalue weighted by Crippen LogP contribution is 2.41. The molecule has 0 amide bonds. The van der Waals surface area contributed by atoms with Crippen molar-refractivity contribution in [1.29, 1.82) is 0 Å². The van der Waals surface area contributed by atoms with Gasteiger partial charge in [-0.25, -0.2) is 9.97 Å². The molecule has 0 bridgehead atoms. The van der Waals surface area contributed by atoms with Crippen molar-refractivity contribution in [3.8, 4) is 11.5 Å². The van der Waals surface area contributed by atoms with E-state index in [2.05, 4.69) is 26.0 Å². The molecule has 5 heterocycles. The zero-order valence-corrected chi connectivity index (χ0v) is 15.0. The Morgan fingerprint density at radius 2 is 2.15 bits per heavy atom. The van der Waals surface area contributed by atoms with Crippen molar-refractivity contribution >= 4 is 32.6 Å². The minimum absolute atomic E-state index is 0.0515. The maximum absolute atomic E-state index is 9.37. The second kappa shape index (κ2) is 7.16. The molecular formula is C18H19N3O4S. The number of aliphatic hydroxyl groups is 2. The van der Waals surface area contributed by atoms with E-state index in [1.54, 1.807) is 23.9 Å². The summed E-state index contributed by atoms with van der Waals surface area (Å²) in [5.41, 5.74) is 1.64. The first kappa shape index (κ1) is 17.2. The number of fused-ring (bicyclic) bond motifs is 3. The Hall–Kier alpha value is -2.26. The fraction of sp³-hybridized carbons (Fsp3) is 0.333. The van der Waals surface area contributed by atoms with Crippen LogP contribution < -0.4 is 0 Å². The van der Waals surface area contributed by atoms with Crippen LogP contribution in [0.3, 0.4) is 0 Å². The van der Waals surface area contributed by atoms with Gasteiger partial charge in [0.15, 0.2) is 5.76 Å².